The summed E-state index contributed by atoms with van der Waals surface area (Å²) in [6, 6.07) is 9.75. The summed E-state index contributed by atoms with van der Waals surface area (Å²) in [5.74, 6) is -6.13. The maximum absolute atomic E-state index is 16.0. The average Bonchev–Trinajstić information content (AvgIpc) is 0.776. The molecule has 15 nitrogen and oxygen atoms in total. The zero-order valence-corrected chi connectivity index (χ0v) is 62.1. The molecule has 2 heterocycles. The minimum atomic E-state index is -5.07. The normalized spacial score (nSPS) is 12.7. The number of carbonyl (C=O) groups excluding carboxylic acids is 3. The van der Waals surface area contributed by atoms with Crippen molar-refractivity contribution in [3.05, 3.63) is 183 Å². The third-order valence-electron chi connectivity index (χ3n) is 16.3. The SMILES string of the molecule is CCOC(=O)C[C@H](N)c1cc(-c2c(C)cc(C)cc2C)cc(C(F)(F)F)c1F.CCOC(=O)C[C@H](NC(=O)C(CC(C)C)n1cc(CCN(C)C)c(C)cc1=O)c1cc(-c2c(C)cc(C)cc2C)cc(C(F)(F)F)c1F.Cc1cc(=O)n(C(CC(C)C)C(=O)O)cc1CCN(C)C.S.S. The number of nitrogens with one attached hydrogen (secondary N) is 1. The molecule has 2 unspecified atom stereocenters. The number of alkyl halides is 6. The molecule has 0 radical (unpaired) electrons. The molecule has 0 spiro atoms. The third kappa shape index (κ3) is 25.1. The maximum atomic E-state index is 16.0. The van der Waals surface area contributed by atoms with Crippen LogP contribution < -0.4 is 22.2 Å². The summed E-state index contributed by atoms with van der Waals surface area (Å²) in [6.45, 7) is 27.0. The lowest BCUT2D eigenvalue weighted by Gasteiger charge is -2.27. The number of carboxylic acids is 1. The zero-order chi connectivity index (χ0) is 73.5. The number of ether oxygens (including phenoxy) is 2. The van der Waals surface area contributed by atoms with Crippen LogP contribution in [0.1, 0.15) is 169 Å². The first-order chi connectivity index (χ1) is 45.0. The zero-order valence-electron chi connectivity index (χ0n) is 60.1. The fourth-order valence-electron chi connectivity index (χ4n) is 11.8. The minimum absolute atomic E-state index is 0. The second-order valence-corrected chi connectivity index (χ2v) is 26.3. The number of pyridine rings is 2. The highest BCUT2D eigenvalue weighted by Gasteiger charge is 2.40. The Hall–Kier alpha value is -7.32. The standard InChI is InChI=1S/C37H47F4N3O4.C21H23F4NO2.C16H26N2O3.2H2S/c1-10-48-33(46)19-30(28-17-27(18-29(35(28)38)37(39,40)41)34-24(6)14-22(4)15-25(34)7)42-36(47)31(13-21(2)3)44-20-26(11-12-43(8)9)23(5)16-32(44)45;1-5-28-18(27)10-17(26)15-8-14(9-16(20(15)22)21(23,24)25)19-12(3)6-11(2)7-13(19)4;1-11(2)8-14(16(20)21)18-10-13(6-7-17(4)5)12(3)9-15(18)19;;/h14-18,20-21,30-31H,10-13,19H2,1-9H3,(H,42,47);6-9,17H,5,10,26H2,1-4H3;9-11,14H,6-8H2,1-5H3,(H,20,21);2*1H2/t30-,31?;17-;;;/m00.../s1. The van der Waals surface area contributed by atoms with E-state index >= 15 is 4.39 Å². The first-order valence-electron chi connectivity index (χ1n) is 32.3. The second-order valence-electron chi connectivity index (χ2n) is 26.3. The van der Waals surface area contributed by atoms with Crippen molar-refractivity contribution in [2.45, 2.75) is 172 Å². The van der Waals surface area contributed by atoms with Crippen molar-refractivity contribution in [2.75, 3.05) is 54.5 Å². The molecular weight excluding hydrogens is 1330 g/mol. The Labute approximate surface area is 590 Å². The lowest BCUT2D eigenvalue weighted by atomic mass is 9.89. The van der Waals surface area contributed by atoms with E-state index in [2.05, 4.69) is 10.2 Å². The molecule has 0 bridgehead atoms. The summed E-state index contributed by atoms with van der Waals surface area (Å²) in [7, 11) is 7.82. The summed E-state index contributed by atoms with van der Waals surface area (Å²) >= 11 is 0. The molecule has 4 N–H and O–H groups in total. The van der Waals surface area contributed by atoms with E-state index in [1.807, 2.05) is 113 Å². The van der Waals surface area contributed by atoms with Crippen LogP contribution in [0.15, 0.2) is 82.6 Å². The van der Waals surface area contributed by atoms with E-state index < -0.39 is 107 Å². The number of aromatic nitrogens is 2. The van der Waals surface area contributed by atoms with E-state index in [4.69, 9.17) is 15.2 Å². The number of nitrogens with zero attached hydrogens (tertiary/aromatic N) is 4. The van der Waals surface area contributed by atoms with E-state index in [9.17, 15) is 64.6 Å². The number of halogens is 8. The number of nitrogens with two attached hydrogens (primary N) is 1. The van der Waals surface area contributed by atoms with Gasteiger partial charge in [0.15, 0.2) is 0 Å². The molecule has 0 aliphatic heterocycles. The summed E-state index contributed by atoms with van der Waals surface area (Å²) < 4.78 is 127. The highest BCUT2D eigenvalue weighted by molar-refractivity contribution is 7.59. The molecule has 2 aromatic heterocycles. The Balaban J connectivity index is 0.000000553. The fourth-order valence-corrected chi connectivity index (χ4v) is 11.8. The highest BCUT2D eigenvalue weighted by Crippen LogP contribution is 2.42. The molecule has 0 aliphatic carbocycles. The lowest BCUT2D eigenvalue weighted by Crippen LogP contribution is -2.40. The number of likely N-dealkylation sites (N-methyl/N-ethyl adjacent to an activating group) is 2. The first-order valence-corrected chi connectivity index (χ1v) is 32.3. The molecule has 4 aromatic carbocycles. The third-order valence-corrected chi connectivity index (χ3v) is 16.3. The molecule has 6 aromatic rings. The van der Waals surface area contributed by atoms with Crippen molar-refractivity contribution in [3.8, 4) is 22.3 Å². The maximum Gasteiger partial charge on any atom is 0.419 e. The number of benzene rings is 4. The Bertz CT molecular complexity index is 3840. The summed E-state index contributed by atoms with van der Waals surface area (Å²) in [6.07, 6.45) is -5.60. The van der Waals surface area contributed by atoms with Gasteiger partial charge >= 0.3 is 30.3 Å². The number of aliphatic carboxylic acids is 1. The number of aryl methyl sites for hydroxylation is 8. The monoisotopic (exact) mass is 1430 g/mol. The average molecular weight is 1430 g/mol. The minimum Gasteiger partial charge on any atom is -0.480 e. The largest absolute Gasteiger partial charge is 0.480 e. The van der Waals surface area contributed by atoms with Gasteiger partial charge in [-0.05, 0) is 226 Å². The van der Waals surface area contributed by atoms with Gasteiger partial charge in [0, 0.05) is 54.8 Å². The molecule has 25 heteroatoms. The van der Waals surface area contributed by atoms with E-state index in [1.54, 1.807) is 60.0 Å². The number of hydrogen-bond donors (Lipinski definition) is 3. The van der Waals surface area contributed by atoms with Crippen molar-refractivity contribution in [1.29, 1.82) is 0 Å². The Kier molecular flexibility index (Phi) is 34.1. The van der Waals surface area contributed by atoms with Crippen LogP contribution in [0.5, 0.6) is 0 Å². The van der Waals surface area contributed by atoms with Crippen LogP contribution >= 0.6 is 27.0 Å². The highest BCUT2D eigenvalue weighted by atomic mass is 32.1. The Morgan fingerprint density at radius 3 is 1.25 bits per heavy atom. The molecule has 4 atom stereocenters. The van der Waals surface area contributed by atoms with Crippen LogP contribution in [-0.4, -0.2) is 102 Å². The number of hydrogen-bond acceptors (Lipinski definition) is 11. The molecule has 548 valence electrons. The molecule has 1 amide bonds. The van der Waals surface area contributed by atoms with Crippen LogP contribution in [0.4, 0.5) is 35.1 Å². The topological polar surface area (TPSA) is 196 Å². The van der Waals surface area contributed by atoms with E-state index in [0.29, 0.717) is 41.6 Å². The van der Waals surface area contributed by atoms with Crippen LogP contribution in [0, 0.1) is 78.9 Å². The van der Waals surface area contributed by atoms with Crippen LogP contribution in [0.2, 0.25) is 0 Å². The molecule has 0 fully saturated rings. The van der Waals surface area contributed by atoms with Crippen LogP contribution in [-0.2, 0) is 53.8 Å². The van der Waals surface area contributed by atoms with Gasteiger partial charge in [0.1, 0.15) is 23.7 Å². The molecular formula is C74H100F8N6O9S2. The number of esters is 2. The van der Waals surface area contributed by atoms with Crippen LogP contribution in [0.3, 0.4) is 0 Å². The van der Waals surface area contributed by atoms with Crippen molar-refractivity contribution in [2.24, 2.45) is 17.6 Å². The summed E-state index contributed by atoms with van der Waals surface area (Å²) in [5.41, 5.74) is 11.1. The first kappa shape index (κ1) is 87.8. The molecule has 0 saturated heterocycles. The number of carboxylic acid groups (broad SMARTS) is 1. The van der Waals surface area contributed by atoms with Crippen molar-refractivity contribution >= 4 is 50.8 Å². The van der Waals surface area contributed by atoms with Gasteiger partial charge in [0.25, 0.3) is 11.1 Å². The smallest absolute Gasteiger partial charge is 0.419 e. The quantitative estimate of drug-likeness (QED) is 0.0363. The molecule has 0 saturated carbocycles. The molecule has 0 aliphatic rings. The van der Waals surface area contributed by atoms with Crippen molar-refractivity contribution < 1.29 is 68.9 Å². The predicted molar refractivity (Wildman–Crippen MR) is 383 cm³/mol. The van der Waals surface area contributed by atoms with Crippen molar-refractivity contribution in [1.82, 2.24) is 24.3 Å². The summed E-state index contributed by atoms with van der Waals surface area (Å²) in [5, 5.41) is 12.1. The Morgan fingerprint density at radius 1 is 0.545 bits per heavy atom. The van der Waals surface area contributed by atoms with E-state index in [-0.39, 0.29) is 80.7 Å². The molecule has 6 rings (SSSR count). The van der Waals surface area contributed by atoms with Crippen molar-refractivity contribution in [3.63, 3.8) is 0 Å². The number of carbonyl (C=O) groups is 4. The van der Waals surface area contributed by atoms with Gasteiger partial charge in [-0.3, -0.25) is 24.0 Å². The number of rotatable bonds is 25. The summed E-state index contributed by atoms with van der Waals surface area (Å²) in [4.78, 5) is 79.6. The van der Waals surface area contributed by atoms with Gasteiger partial charge in [-0.25, -0.2) is 13.6 Å². The van der Waals surface area contributed by atoms with Gasteiger partial charge in [-0.1, -0.05) is 63.1 Å². The fraction of sp³-hybridized carbons (Fsp3) is 0.486. The van der Waals surface area contributed by atoms with E-state index in [1.165, 1.54) is 27.3 Å². The Morgan fingerprint density at radius 2 is 0.899 bits per heavy atom. The van der Waals surface area contributed by atoms with Gasteiger partial charge in [0.05, 0.1) is 43.2 Å². The number of amides is 1. The predicted octanol–water partition coefficient (Wildman–Crippen LogP) is 15.0. The van der Waals surface area contributed by atoms with Gasteiger partial charge in [-0.15, -0.1) is 0 Å². The van der Waals surface area contributed by atoms with Gasteiger partial charge in [-0.2, -0.15) is 53.3 Å². The van der Waals surface area contributed by atoms with Gasteiger partial charge in [0.2, 0.25) is 5.91 Å². The van der Waals surface area contributed by atoms with E-state index in [0.717, 1.165) is 69.6 Å². The second kappa shape index (κ2) is 38.5. The molecule has 99 heavy (non-hydrogen) atoms. The van der Waals surface area contributed by atoms with Gasteiger partial charge < -0.3 is 44.6 Å². The van der Waals surface area contributed by atoms with Crippen LogP contribution in [0.25, 0.3) is 22.3 Å². The lowest BCUT2D eigenvalue weighted by molar-refractivity contribution is -0.145.